The summed E-state index contributed by atoms with van der Waals surface area (Å²) in [5.41, 5.74) is 0.655. The van der Waals surface area contributed by atoms with Crippen LogP contribution in [-0.2, 0) is 19.0 Å². The molecule has 0 spiro atoms. The van der Waals surface area contributed by atoms with Crippen LogP contribution in [0.25, 0.3) is 5.65 Å². The van der Waals surface area contributed by atoms with E-state index in [2.05, 4.69) is 21.5 Å². The van der Waals surface area contributed by atoms with Crippen LogP contribution in [0.3, 0.4) is 0 Å². The Morgan fingerprint density at radius 3 is 2.73 bits per heavy atom. The summed E-state index contributed by atoms with van der Waals surface area (Å²) in [6.45, 7) is 0. The summed E-state index contributed by atoms with van der Waals surface area (Å²) < 4.78 is 41.3. The van der Waals surface area contributed by atoms with Crippen molar-refractivity contribution < 1.29 is 18.0 Å². The summed E-state index contributed by atoms with van der Waals surface area (Å²) in [5.74, 6) is -0.629. The molecule has 3 aromatic heterocycles. The van der Waals surface area contributed by atoms with Crippen molar-refractivity contribution in [2.75, 3.05) is 5.32 Å². The van der Waals surface area contributed by atoms with Gasteiger partial charge in [-0.25, -0.2) is 9.50 Å². The van der Waals surface area contributed by atoms with Gasteiger partial charge < -0.3 is 5.32 Å². The van der Waals surface area contributed by atoms with Crippen LogP contribution < -0.4 is 5.32 Å². The van der Waals surface area contributed by atoms with Gasteiger partial charge in [-0.1, -0.05) is 0 Å². The summed E-state index contributed by atoms with van der Waals surface area (Å²) >= 11 is 1.35. The zero-order valence-electron chi connectivity index (χ0n) is 15.7. The molecule has 0 unspecified atom stereocenters. The summed E-state index contributed by atoms with van der Waals surface area (Å²) in [5, 5.41) is 16.5. The van der Waals surface area contributed by atoms with Gasteiger partial charge in [0.1, 0.15) is 16.8 Å². The lowest BCUT2D eigenvalue weighted by atomic mass is 9.96. The Hall–Kier alpha value is -2.93. The molecule has 0 radical (unpaired) electrons. The number of alkyl halides is 3. The van der Waals surface area contributed by atoms with Crippen molar-refractivity contribution in [3.8, 4) is 6.07 Å². The van der Waals surface area contributed by atoms with E-state index in [-0.39, 0.29) is 17.3 Å². The molecule has 0 aliphatic heterocycles. The van der Waals surface area contributed by atoms with Crippen molar-refractivity contribution in [2.24, 2.45) is 0 Å². The van der Waals surface area contributed by atoms with Crippen molar-refractivity contribution >= 4 is 27.9 Å². The molecular formula is C20H16F3N5OS. The molecule has 10 heteroatoms. The largest absolute Gasteiger partial charge is 0.433 e. The summed E-state index contributed by atoms with van der Waals surface area (Å²) in [6.07, 6.45) is 0.680. The van der Waals surface area contributed by atoms with Gasteiger partial charge in [0.15, 0.2) is 11.3 Å². The highest BCUT2D eigenvalue weighted by molar-refractivity contribution is 7.16. The van der Waals surface area contributed by atoms with Gasteiger partial charge in [-0.05, 0) is 50.2 Å². The monoisotopic (exact) mass is 431 g/mol. The molecule has 3 aromatic rings. The molecular weight excluding hydrogens is 415 g/mol. The predicted octanol–water partition coefficient (Wildman–Crippen LogP) is 4.69. The van der Waals surface area contributed by atoms with Crippen LogP contribution in [0.1, 0.15) is 69.5 Å². The Morgan fingerprint density at radius 2 is 2.03 bits per heavy atom. The molecule has 3 heterocycles. The number of aromatic nitrogens is 3. The number of fused-ring (bicyclic) bond motifs is 2. The standard InChI is InChI=1S/C20H16F3N5OS/c21-20(22,23)16-7-13(10-5-6-10)25-17-8-14(27-28(16)17)18(29)26-19-12(9-24)11-3-1-2-4-15(11)30-19/h7-8,10H,1-6H2,(H,26,29). The minimum absolute atomic E-state index is 0.0112. The van der Waals surface area contributed by atoms with E-state index < -0.39 is 17.8 Å². The number of anilines is 1. The third-order valence-electron chi connectivity index (χ3n) is 5.48. The number of aryl methyl sites for hydroxylation is 1. The molecule has 5 rings (SSSR count). The molecule has 1 amide bonds. The first-order chi connectivity index (χ1) is 14.3. The molecule has 0 aromatic carbocycles. The second kappa shape index (κ2) is 6.80. The van der Waals surface area contributed by atoms with E-state index in [4.69, 9.17) is 0 Å². The van der Waals surface area contributed by atoms with Gasteiger partial charge >= 0.3 is 6.18 Å². The molecule has 1 saturated carbocycles. The van der Waals surface area contributed by atoms with E-state index >= 15 is 0 Å². The Bertz CT molecular complexity index is 1220. The van der Waals surface area contributed by atoms with Gasteiger partial charge in [0.2, 0.25) is 0 Å². The third-order valence-corrected chi connectivity index (χ3v) is 6.68. The molecule has 0 saturated heterocycles. The number of thiophene rings is 1. The van der Waals surface area contributed by atoms with Gasteiger partial charge in [-0.2, -0.15) is 23.5 Å². The first-order valence-electron chi connectivity index (χ1n) is 9.69. The molecule has 154 valence electrons. The fraction of sp³-hybridized carbons (Fsp3) is 0.400. The molecule has 6 nitrogen and oxygen atoms in total. The molecule has 2 aliphatic carbocycles. The SMILES string of the molecule is N#Cc1c(NC(=O)c2cc3nc(C4CC4)cc(C(F)(F)F)n3n2)sc2c1CCCC2. The van der Waals surface area contributed by atoms with Crippen LogP contribution in [0.4, 0.5) is 18.2 Å². The van der Waals surface area contributed by atoms with Crippen molar-refractivity contribution in [3.05, 3.63) is 45.2 Å². The van der Waals surface area contributed by atoms with E-state index in [9.17, 15) is 23.2 Å². The maximum absolute atomic E-state index is 13.5. The number of nitriles is 1. The Labute approximate surface area is 173 Å². The highest BCUT2D eigenvalue weighted by atomic mass is 32.1. The number of hydrogen-bond donors (Lipinski definition) is 1. The van der Waals surface area contributed by atoms with Crippen LogP contribution in [0.5, 0.6) is 0 Å². The van der Waals surface area contributed by atoms with Crippen LogP contribution in [0.2, 0.25) is 0 Å². The summed E-state index contributed by atoms with van der Waals surface area (Å²) in [4.78, 5) is 18.1. The van der Waals surface area contributed by atoms with Gasteiger partial charge in [-0.3, -0.25) is 4.79 Å². The van der Waals surface area contributed by atoms with E-state index in [0.717, 1.165) is 55.0 Å². The molecule has 0 atom stereocenters. The highest BCUT2D eigenvalue weighted by Gasteiger charge is 2.37. The number of nitrogens with zero attached hydrogens (tertiary/aromatic N) is 4. The highest BCUT2D eigenvalue weighted by Crippen LogP contribution is 2.41. The number of rotatable bonds is 3. The topological polar surface area (TPSA) is 83.1 Å². The second-order valence-corrected chi connectivity index (χ2v) is 8.72. The Balaban J connectivity index is 1.52. The minimum atomic E-state index is -4.62. The zero-order valence-corrected chi connectivity index (χ0v) is 16.5. The Kier molecular flexibility index (Phi) is 4.32. The number of amides is 1. The third kappa shape index (κ3) is 3.23. The molecule has 2 aliphatic rings. The normalized spacial score (nSPS) is 16.3. The van der Waals surface area contributed by atoms with Gasteiger partial charge in [0, 0.05) is 22.6 Å². The summed E-state index contributed by atoms with van der Waals surface area (Å²) in [7, 11) is 0. The van der Waals surface area contributed by atoms with Crippen LogP contribution in [0, 0.1) is 11.3 Å². The minimum Gasteiger partial charge on any atom is -0.311 e. The average molecular weight is 431 g/mol. The van der Waals surface area contributed by atoms with Crippen molar-refractivity contribution in [1.82, 2.24) is 14.6 Å². The van der Waals surface area contributed by atoms with Gasteiger partial charge in [0.25, 0.3) is 5.91 Å². The van der Waals surface area contributed by atoms with E-state index in [1.807, 2.05) is 0 Å². The zero-order chi connectivity index (χ0) is 21.0. The Morgan fingerprint density at radius 1 is 1.27 bits per heavy atom. The predicted molar refractivity (Wildman–Crippen MR) is 104 cm³/mol. The lowest BCUT2D eigenvalue weighted by molar-refractivity contribution is -0.142. The van der Waals surface area contributed by atoms with Crippen LogP contribution >= 0.6 is 11.3 Å². The number of hydrogen-bond acceptors (Lipinski definition) is 5. The molecule has 30 heavy (non-hydrogen) atoms. The fourth-order valence-electron chi connectivity index (χ4n) is 3.83. The number of carbonyl (C=O) groups is 1. The first kappa shape index (κ1) is 19.1. The number of nitrogens with one attached hydrogen (secondary N) is 1. The molecule has 0 bridgehead atoms. The lowest BCUT2D eigenvalue weighted by Crippen LogP contribution is -2.16. The average Bonchev–Trinajstić information content (AvgIpc) is 3.36. The van der Waals surface area contributed by atoms with Gasteiger partial charge in [0.05, 0.1) is 5.56 Å². The second-order valence-electron chi connectivity index (χ2n) is 7.62. The van der Waals surface area contributed by atoms with Crippen molar-refractivity contribution in [2.45, 2.75) is 50.6 Å². The van der Waals surface area contributed by atoms with Gasteiger partial charge in [-0.15, -0.1) is 11.3 Å². The molecule has 1 N–H and O–H groups in total. The molecule has 1 fully saturated rings. The lowest BCUT2D eigenvalue weighted by Gasteiger charge is -2.10. The van der Waals surface area contributed by atoms with Crippen LogP contribution in [-0.4, -0.2) is 20.5 Å². The van der Waals surface area contributed by atoms with E-state index in [1.54, 1.807) is 0 Å². The van der Waals surface area contributed by atoms with Crippen molar-refractivity contribution in [1.29, 1.82) is 5.26 Å². The van der Waals surface area contributed by atoms with E-state index in [0.29, 0.717) is 20.8 Å². The van der Waals surface area contributed by atoms with E-state index in [1.165, 1.54) is 17.4 Å². The maximum atomic E-state index is 13.5. The smallest absolute Gasteiger partial charge is 0.311 e. The fourth-order valence-corrected chi connectivity index (χ4v) is 5.07. The first-order valence-corrected chi connectivity index (χ1v) is 10.5. The summed E-state index contributed by atoms with van der Waals surface area (Å²) in [6, 6.07) is 4.43. The number of halogens is 3. The quantitative estimate of drug-likeness (QED) is 0.652. The van der Waals surface area contributed by atoms with Crippen molar-refractivity contribution in [3.63, 3.8) is 0 Å². The maximum Gasteiger partial charge on any atom is 0.433 e. The van der Waals surface area contributed by atoms with Crippen LogP contribution in [0.15, 0.2) is 12.1 Å². The number of carbonyl (C=O) groups excluding carboxylic acids is 1.